The number of nitrogens with one attached hydrogen (secondary N) is 2. The monoisotopic (exact) mass is 585 g/mol. The van der Waals surface area contributed by atoms with Crippen molar-refractivity contribution in [1.29, 1.82) is 0 Å². The molecule has 0 saturated carbocycles. The van der Waals surface area contributed by atoms with E-state index in [9.17, 15) is 4.79 Å². The van der Waals surface area contributed by atoms with E-state index in [0.29, 0.717) is 58.5 Å². The lowest BCUT2D eigenvalue weighted by molar-refractivity contribution is -0.113. The summed E-state index contributed by atoms with van der Waals surface area (Å²) in [7, 11) is 1.61. The van der Waals surface area contributed by atoms with Crippen molar-refractivity contribution in [2.45, 2.75) is 45.5 Å². The highest BCUT2D eigenvalue weighted by Crippen LogP contribution is 2.40. The van der Waals surface area contributed by atoms with Crippen LogP contribution in [0.15, 0.2) is 83.2 Å². The highest BCUT2D eigenvalue weighted by Gasteiger charge is 2.35. The molecular formula is C32H35N5O4S. The van der Waals surface area contributed by atoms with Gasteiger partial charge in [-0.2, -0.15) is 4.98 Å². The van der Waals surface area contributed by atoms with Crippen molar-refractivity contribution in [2.75, 3.05) is 30.1 Å². The molecule has 5 rings (SSSR count). The molecule has 0 spiro atoms. The van der Waals surface area contributed by atoms with E-state index in [2.05, 4.69) is 34.7 Å². The predicted octanol–water partition coefficient (Wildman–Crippen LogP) is 6.61. The van der Waals surface area contributed by atoms with Gasteiger partial charge in [-0.05, 0) is 61.9 Å². The average Bonchev–Trinajstić information content (AvgIpc) is 3.39. The van der Waals surface area contributed by atoms with Crippen molar-refractivity contribution in [2.24, 2.45) is 0 Å². The fourth-order valence-corrected chi connectivity index (χ4v) is 5.34. The Kier molecular flexibility index (Phi) is 9.02. The van der Waals surface area contributed by atoms with Gasteiger partial charge in [0.2, 0.25) is 11.1 Å². The molecule has 0 bridgehead atoms. The average molecular weight is 586 g/mol. The number of hydrogen-bond acceptors (Lipinski definition) is 8. The fourth-order valence-electron chi connectivity index (χ4n) is 4.78. The van der Waals surface area contributed by atoms with Gasteiger partial charge in [0.05, 0.1) is 25.0 Å². The van der Waals surface area contributed by atoms with Crippen LogP contribution in [0.3, 0.4) is 0 Å². The minimum atomic E-state index is -0.570. The quantitative estimate of drug-likeness (QED) is 0.190. The number of fused-ring (bicyclic) bond motifs is 1. The van der Waals surface area contributed by atoms with Crippen molar-refractivity contribution in [1.82, 2.24) is 14.8 Å². The summed E-state index contributed by atoms with van der Waals surface area (Å²) < 4.78 is 19.4. The molecule has 9 nitrogen and oxygen atoms in total. The molecule has 10 heteroatoms. The minimum Gasteiger partial charge on any atom is -0.493 e. The van der Waals surface area contributed by atoms with E-state index >= 15 is 0 Å². The van der Waals surface area contributed by atoms with Gasteiger partial charge in [-0.3, -0.25) is 4.79 Å². The molecule has 2 N–H and O–H groups in total. The molecule has 42 heavy (non-hydrogen) atoms. The predicted molar refractivity (Wildman–Crippen MR) is 166 cm³/mol. The van der Waals surface area contributed by atoms with Gasteiger partial charge in [0.15, 0.2) is 11.5 Å². The van der Waals surface area contributed by atoms with Crippen LogP contribution in [0.4, 0.5) is 11.6 Å². The van der Waals surface area contributed by atoms with Gasteiger partial charge < -0.3 is 24.8 Å². The lowest BCUT2D eigenvalue weighted by atomic mass is 9.94. The van der Waals surface area contributed by atoms with Crippen molar-refractivity contribution < 1.29 is 19.0 Å². The van der Waals surface area contributed by atoms with E-state index in [0.717, 1.165) is 16.9 Å². The third-order valence-electron chi connectivity index (χ3n) is 6.80. The van der Waals surface area contributed by atoms with Crippen LogP contribution < -0.4 is 24.8 Å². The number of aryl methyl sites for hydroxylation is 1. The summed E-state index contributed by atoms with van der Waals surface area (Å²) in [4.78, 5) is 18.7. The van der Waals surface area contributed by atoms with Crippen LogP contribution in [0.5, 0.6) is 17.2 Å². The second-order valence-electron chi connectivity index (χ2n) is 9.73. The summed E-state index contributed by atoms with van der Waals surface area (Å²) in [5, 5.41) is 11.7. The number of allylic oxidation sites excluding steroid dienone is 1. The fraction of sp³-hybridized carbons (Fsp3) is 0.281. The third kappa shape index (κ3) is 6.23. The lowest BCUT2D eigenvalue weighted by Crippen LogP contribution is -2.31. The van der Waals surface area contributed by atoms with Gasteiger partial charge >= 0.3 is 0 Å². The van der Waals surface area contributed by atoms with Crippen LogP contribution >= 0.6 is 11.8 Å². The Balaban J connectivity index is 1.51. The number of methoxy groups -OCH3 is 1. The number of carbonyl (C=O) groups is 1. The number of rotatable bonds is 11. The van der Waals surface area contributed by atoms with Crippen molar-refractivity contribution >= 4 is 29.3 Å². The molecule has 0 aliphatic carbocycles. The van der Waals surface area contributed by atoms with Gasteiger partial charge in [0.1, 0.15) is 18.4 Å². The van der Waals surface area contributed by atoms with Gasteiger partial charge in [-0.1, -0.05) is 66.7 Å². The normalized spacial score (nSPS) is 14.2. The molecule has 3 aromatic carbocycles. The minimum absolute atomic E-state index is 0.276. The number of benzene rings is 3. The van der Waals surface area contributed by atoms with Gasteiger partial charge in [-0.25, -0.2) is 4.68 Å². The molecule has 0 fully saturated rings. The smallest absolute Gasteiger partial charge is 0.255 e. The number of anilines is 2. The summed E-state index contributed by atoms with van der Waals surface area (Å²) in [5.41, 5.74) is 4.83. The largest absolute Gasteiger partial charge is 0.493 e. The molecule has 1 aromatic heterocycles. The summed E-state index contributed by atoms with van der Waals surface area (Å²) in [6.45, 7) is 8.77. The zero-order chi connectivity index (χ0) is 29.6. The Bertz CT molecular complexity index is 1600. The SMILES string of the molecule is CCOc1ccccc1NC(=O)C1=C(C)Nc2nc(SCC)nn2C1c1ccc(OCc2ccc(C)cc2)c(OC)c1. The lowest BCUT2D eigenvalue weighted by Gasteiger charge is -2.29. The number of carbonyl (C=O) groups excluding carboxylic acids is 1. The van der Waals surface area contributed by atoms with E-state index in [-0.39, 0.29) is 5.91 Å². The van der Waals surface area contributed by atoms with Crippen molar-refractivity contribution in [3.8, 4) is 17.2 Å². The first-order chi connectivity index (χ1) is 20.4. The molecule has 0 radical (unpaired) electrons. The first kappa shape index (κ1) is 29.1. The number of aromatic nitrogens is 3. The Labute approximate surface area is 250 Å². The summed E-state index contributed by atoms with van der Waals surface area (Å²) in [6, 6.07) is 20.7. The summed E-state index contributed by atoms with van der Waals surface area (Å²) in [5.74, 6) is 2.88. The Morgan fingerprint density at radius 2 is 1.79 bits per heavy atom. The van der Waals surface area contributed by atoms with Crippen molar-refractivity contribution in [3.05, 3.63) is 94.7 Å². The first-order valence-electron chi connectivity index (χ1n) is 13.9. The number of para-hydroxylation sites is 2. The zero-order valence-electron chi connectivity index (χ0n) is 24.4. The van der Waals surface area contributed by atoms with E-state index in [1.54, 1.807) is 11.8 Å². The standard InChI is InChI=1S/C32H35N5O4S/c1-6-40-25-11-9-8-10-24(25)34-30(38)28-21(4)33-31-35-32(42-7-2)36-37(31)29(28)23-16-17-26(27(18-23)39-5)41-19-22-14-12-20(3)13-15-22/h8-18,29H,6-7,19H2,1-5H3,(H,34,38)(H,33,35,36). The van der Waals surface area contributed by atoms with Crippen LogP contribution in [-0.4, -0.2) is 40.1 Å². The number of hydrogen-bond donors (Lipinski definition) is 2. The molecule has 1 aliphatic rings. The zero-order valence-corrected chi connectivity index (χ0v) is 25.2. The number of nitrogens with zero attached hydrogens (tertiary/aromatic N) is 3. The molecule has 4 aromatic rings. The first-order valence-corrected chi connectivity index (χ1v) is 14.9. The molecule has 1 unspecified atom stereocenters. The third-order valence-corrected chi connectivity index (χ3v) is 7.52. The van der Waals surface area contributed by atoms with E-state index in [4.69, 9.17) is 19.3 Å². The summed E-state index contributed by atoms with van der Waals surface area (Å²) in [6.07, 6.45) is 0. The second kappa shape index (κ2) is 13.0. The molecular weight excluding hydrogens is 550 g/mol. The van der Waals surface area contributed by atoms with Crippen LogP contribution in [-0.2, 0) is 11.4 Å². The number of thioether (sulfide) groups is 1. The molecule has 2 heterocycles. The van der Waals surface area contributed by atoms with Crippen molar-refractivity contribution in [3.63, 3.8) is 0 Å². The van der Waals surface area contributed by atoms with E-state index in [1.165, 1.54) is 17.3 Å². The van der Waals surface area contributed by atoms with Crippen LogP contribution in [0.1, 0.15) is 43.5 Å². The van der Waals surface area contributed by atoms with Gasteiger partial charge in [-0.15, -0.1) is 5.10 Å². The Morgan fingerprint density at radius 1 is 1.00 bits per heavy atom. The van der Waals surface area contributed by atoms with Gasteiger partial charge in [0, 0.05) is 5.70 Å². The molecule has 0 saturated heterocycles. The van der Waals surface area contributed by atoms with Crippen LogP contribution in [0.2, 0.25) is 0 Å². The van der Waals surface area contributed by atoms with Crippen LogP contribution in [0.25, 0.3) is 0 Å². The highest BCUT2D eigenvalue weighted by atomic mass is 32.2. The molecule has 1 amide bonds. The topological polar surface area (TPSA) is 99.5 Å². The van der Waals surface area contributed by atoms with E-state index < -0.39 is 6.04 Å². The molecule has 218 valence electrons. The highest BCUT2D eigenvalue weighted by molar-refractivity contribution is 7.99. The Hall–Kier alpha value is -4.44. The van der Waals surface area contributed by atoms with Crippen LogP contribution in [0, 0.1) is 6.92 Å². The van der Waals surface area contributed by atoms with Gasteiger partial charge in [0.25, 0.3) is 5.91 Å². The molecule has 1 atom stereocenters. The molecule has 1 aliphatic heterocycles. The number of ether oxygens (including phenoxy) is 3. The van der Waals surface area contributed by atoms with E-state index in [1.807, 2.05) is 75.4 Å². The maximum absolute atomic E-state index is 14.0. The maximum atomic E-state index is 14.0. The summed E-state index contributed by atoms with van der Waals surface area (Å²) >= 11 is 1.54. The Morgan fingerprint density at radius 3 is 2.52 bits per heavy atom. The maximum Gasteiger partial charge on any atom is 0.255 e. The number of amides is 1. The second-order valence-corrected chi connectivity index (χ2v) is 11.0.